The highest BCUT2D eigenvalue weighted by molar-refractivity contribution is 5.79. The Bertz CT molecular complexity index is 1190. The lowest BCUT2D eigenvalue weighted by Gasteiger charge is -2.10. The molecule has 3 aromatic carbocycles. The first kappa shape index (κ1) is 18.8. The molecule has 4 aromatic rings. The second kappa shape index (κ2) is 8.23. The average Bonchev–Trinajstić information content (AvgIpc) is 2.75. The third-order valence-electron chi connectivity index (χ3n) is 4.93. The normalized spacial score (nSPS) is 10.8. The topological polar surface area (TPSA) is 48.7 Å². The lowest BCUT2D eigenvalue weighted by atomic mass is 10.1. The van der Waals surface area contributed by atoms with Crippen molar-refractivity contribution in [3.63, 3.8) is 0 Å². The maximum atomic E-state index is 12.8. The van der Waals surface area contributed by atoms with E-state index in [-0.39, 0.29) is 11.2 Å². The molecular formula is C25H22O4. The highest BCUT2D eigenvalue weighted by Gasteiger charge is 2.11. The molecule has 0 saturated carbocycles. The van der Waals surface area contributed by atoms with Gasteiger partial charge in [-0.05, 0) is 54.3 Å². The van der Waals surface area contributed by atoms with Gasteiger partial charge in [-0.15, -0.1) is 0 Å². The maximum absolute atomic E-state index is 12.8. The minimum absolute atomic E-state index is 0.162. The fourth-order valence-electron chi connectivity index (χ4n) is 3.10. The van der Waals surface area contributed by atoms with E-state index in [9.17, 15) is 4.79 Å². The van der Waals surface area contributed by atoms with Crippen molar-refractivity contribution in [2.45, 2.75) is 26.9 Å². The number of hydrogen-bond acceptors (Lipinski definition) is 4. The van der Waals surface area contributed by atoms with Gasteiger partial charge in [-0.3, -0.25) is 4.79 Å². The Morgan fingerprint density at radius 1 is 0.931 bits per heavy atom. The number of hydrogen-bond donors (Lipinski definition) is 0. The number of aryl methyl sites for hydroxylation is 2. The van der Waals surface area contributed by atoms with Crippen molar-refractivity contribution in [3.05, 3.63) is 99.9 Å². The summed E-state index contributed by atoms with van der Waals surface area (Å²) in [5.41, 5.74) is 3.75. The summed E-state index contributed by atoms with van der Waals surface area (Å²) in [6.45, 7) is 4.60. The van der Waals surface area contributed by atoms with Crippen LogP contribution in [0.4, 0.5) is 0 Å². The van der Waals surface area contributed by atoms with Crippen LogP contribution in [0, 0.1) is 6.92 Å². The van der Waals surface area contributed by atoms with Crippen molar-refractivity contribution in [1.82, 2.24) is 0 Å². The van der Waals surface area contributed by atoms with Gasteiger partial charge in [0.1, 0.15) is 30.0 Å². The molecule has 0 fully saturated rings. The van der Waals surface area contributed by atoms with E-state index in [2.05, 4.69) is 19.9 Å². The van der Waals surface area contributed by atoms with Gasteiger partial charge in [0, 0.05) is 6.07 Å². The molecular weight excluding hydrogens is 364 g/mol. The Kier molecular flexibility index (Phi) is 5.34. The van der Waals surface area contributed by atoms with Gasteiger partial charge in [-0.2, -0.15) is 0 Å². The molecule has 4 rings (SSSR count). The van der Waals surface area contributed by atoms with Crippen LogP contribution in [0.25, 0.3) is 11.0 Å². The zero-order chi connectivity index (χ0) is 20.2. The van der Waals surface area contributed by atoms with Crippen LogP contribution in [-0.2, 0) is 13.0 Å². The fourth-order valence-corrected chi connectivity index (χ4v) is 3.10. The highest BCUT2D eigenvalue weighted by Crippen LogP contribution is 2.25. The largest absolute Gasteiger partial charge is 0.489 e. The van der Waals surface area contributed by atoms with E-state index in [1.807, 2.05) is 42.5 Å². The van der Waals surface area contributed by atoms with Crippen molar-refractivity contribution in [2.75, 3.05) is 0 Å². The number of ether oxygens (including phenoxy) is 2. The molecule has 4 nitrogen and oxygen atoms in total. The van der Waals surface area contributed by atoms with E-state index in [0.29, 0.717) is 29.1 Å². The van der Waals surface area contributed by atoms with Crippen LogP contribution < -0.4 is 14.9 Å². The Labute approximate surface area is 169 Å². The van der Waals surface area contributed by atoms with Crippen molar-refractivity contribution in [2.24, 2.45) is 0 Å². The first-order chi connectivity index (χ1) is 14.1. The minimum atomic E-state index is -0.212. The molecule has 0 bridgehead atoms. The molecule has 146 valence electrons. The third-order valence-corrected chi connectivity index (χ3v) is 4.93. The Balaban J connectivity index is 1.54. The summed E-state index contributed by atoms with van der Waals surface area (Å²) in [4.78, 5) is 12.8. The Hall–Kier alpha value is -3.53. The van der Waals surface area contributed by atoms with E-state index < -0.39 is 0 Å². The van der Waals surface area contributed by atoms with E-state index in [4.69, 9.17) is 13.9 Å². The lowest BCUT2D eigenvalue weighted by molar-refractivity contribution is 0.305. The predicted molar refractivity (Wildman–Crippen MR) is 114 cm³/mol. The molecule has 0 aliphatic carbocycles. The standard InChI is InChI=1S/C25H22O4/c1-3-18-8-10-20(11-9-18)29-24-16-28-23-14-21(12-13-22(23)25(24)26)27-15-19-7-5-4-6-17(19)2/h4-14,16H,3,15H2,1-2H3. The minimum Gasteiger partial charge on any atom is -0.489 e. The average molecular weight is 386 g/mol. The van der Waals surface area contributed by atoms with E-state index in [1.54, 1.807) is 18.2 Å². The SMILES string of the molecule is CCc1ccc(Oc2coc3cc(OCc4ccccc4C)ccc3c2=O)cc1. The quantitative estimate of drug-likeness (QED) is 0.406. The van der Waals surface area contributed by atoms with Gasteiger partial charge in [0.15, 0.2) is 0 Å². The van der Waals surface area contributed by atoms with E-state index in [0.717, 1.165) is 12.0 Å². The third kappa shape index (κ3) is 4.16. The number of rotatable bonds is 6. The van der Waals surface area contributed by atoms with E-state index in [1.165, 1.54) is 17.4 Å². The molecule has 4 heteroatoms. The van der Waals surface area contributed by atoms with Gasteiger partial charge < -0.3 is 13.9 Å². The summed E-state index contributed by atoms with van der Waals surface area (Å²) in [7, 11) is 0. The maximum Gasteiger partial charge on any atom is 0.235 e. The number of benzene rings is 3. The van der Waals surface area contributed by atoms with Crippen molar-refractivity contribution < 1.29 is 13.9 Å². The second-order valence-corrected chi connectivity index (χ2v) is 6.90. The van der Waals surface area contributed by atoms with Crippen LogP contribution in [0.3, 0.4) is 0 Å². The summed E-state index contributed by atoms with van der Waals surface area (Å²) in [6.07, 6.45) is 2.30. The molecule has 1 aromatic heterocycles. The van der Waals surface area contributed by atoms with Gasteiger partial charge in [-0.25, -0.2) is 0 Å². The predicted octanol–water partition coefficient (Wildman–Crippen LogP) is 6.04. The Morgan fingerprint density at radius 2 is 1.69 bits per heavy atom. The van der Waals surface area contributed by atoms with Gasteiger partial charge in [0.2, 0.25) is 11.2 Å². The summed E-state index contributed by atoms with van der Waals surface area (Å²) in [5, 5.41) is 0.455. The van der Waals surface area contributed by atoms with Crippen LogP contribution in [0.2, 0.25) is 0 Å². The van der Waals surface area contributed by atoms with Crippen LogP contribution in [0.15, 0.2) is 82.2 Å². The smallest absolute Gasteiger partial charge is 0.235 e. The van der Waals surface area contributed by atoms with Gasteiger partial charge >= 0.3 is 0 Å². The van der Waals surface area contributed by atoms with Crippen LogP contribution in [0.1, 0.15) is 23.6 Å². The Morgan fingerprint density at radius 3 is 2.45 bits per heavy atom. The molecule has 0 unspecified atom stereocenters. The van der Waals surface area contributed by atoms with Gasteiger partial charge in [0.25, 0.3) is 0 Å². The van der Waals surface area contributed by atoms with Crippen LogP contribution in [-0.4, -0.2) is 0 Å². The molecule has 0 radical (unpaired) electrons. The molecule has 0 aliphatic heterocycles. The van der Waals surface area contributed by atoms with Gasteiger partial charge in [-0.1, -0.05) is 43.3 Å². The van der Waals surface area contributed by atoms with E-state index >= 15 is 0 Å². The van der Waals surface area contributed by atoms with Crippen LogP contribution >= 0.6 is 0 Å². The molecule has 0 N–H and O–H groups in total. The summed E-state index contributed by atoms with van der Waals surface area (Å²) in [5.74, 6) is 1.41. The monoisotopic (exact) mass is 386 g/mol. The summed E-state index contributed by atoms with van der Waals surface area (Å²) in [6, 6.07) is 21.0. The fraction of sp³-hybridized carbons (Fsp3) is 0.160. The zero-order valence-corrected chi connectivity index (χ0v) is 16.5. The molecule has 0 saturated heterocycles. The second-order valence-electron chi connectivity index (χ2n) is 6.90. The van der Waals surface area contributed by atoms with Crippen molar-refractivity contribution in [3.8, 4) is 17.2 Å². The van der Waals surface area contributed by atoms with Gasteiger partial charge in [0.05, 0.1) is 5.39 Å². The van der Waals surface area contributed by atoms with Crippen molar-refractivity contribution in [1.29, 1.82) is 0 Å². The molecule has 0 atom stereocenters. The van der Waals surface area contributed by atoms with Crippen molar-refractivity contribution >= 4 is 11.0 Å². The molecule has 1 heterocycles. The zero-order valence-electron chi connectivity index (χ0n) is 16.5. The number of fused-ring (bicyclic) bond motifs is 1. The molecule has 29 heavy (non-hydrogen) atoms. The lowest BCUT2D eigenvalue weighted by Crippen LogP contribution is -2.05. The first-order valence-electron chi connectivity index (χ1n) is 9.63. The highest BCUT2D eigenvalue weighted by atomic mass is 16.5. The first-order valence-corrected chi connectivity index (χ1v) is 9.63. The van der Waals surface area contributed by atoms with Crippen LogP contribution in [0.5, 0.6) is 17.2 Å². The molecule has 0 amide bonds. The summed E-state index contributed by atoms with van der Waals surface area (Å²) >= 11 is 0. The molecule has 0 spiro atoms. The molecule has 0 aliphatic rings. The summed E-state index contributed by atoms with van der Waals surface area (Å²) < 4.78 is 17.3.